The van der Waals surface area contributed by atoms with Gasteiger partial charge in [-0.15, -0.1) is 0 Å². The smallest absolute Gasteiger partial charge is 0.311 e. The van der Waals surface area contributed by atoms with Gasteiger partial charge in [-0.2, -0.15) is 0 Å². The summed E-state index contributed by atoms with van der Waals surface area (Å²) in [6.45, 7) is 5.93. The van der Waals surface area contributed by atoms with Gasteiger partial charge in [-0.1, -0.05) is 19.8 Å². The molecule has 3 nitrogen and oxygen atoms in total. The van der Waals surface area contributed by atoms with Gasteiger partial charge in [0.1, 0.15) is 0 Å². The molecule has 0 bridgehead atoms. The summed E-state index contributed by atoms with van der Waals surface area (Å²) in [4.78, 5) is 10.9. The Labute approximate surface area is 91.8 Å². The number of carboxylic acid groups (broad SMARTS) is 1. The fourth-order valence-electron chi connectivity index (χ4n) is 1.91. The SMILES string of the molecule is CC1CCCCC1OCC(C)(C)C(=O)O. The zero-order valence-electron chi connectivity index (χ0n) is 9.95. The van der Waals surface area contributed by atoms with E-state index in [2.05, 4.69) is 6.92 Å². The lowest BCUT2D eigenvalue weighted by Gasteiger charge is -2.31. The Bertz CT molecular complexity index is 223. The van der Waals surface area contributed by atoms with Gasteiger partial charge in [0.25, 0.3) is 0 Å². The molecule has 88 valence electrons. The van der Waals surface area contributed by atoms with Crippen molar-refractivity contribution in [1.29, 1.82) is 0 Å². The first kappa shape index (κ1) is 12.5. The van der Waals surface area contributed by atoms with Crippen LogP contribution >= 0.6 is 0 Å². The van der Waals surface area contributed by atoms with Crippen molar-refractivity contribution in [2.24, 2.45) is 11.3 Å². The highest BCUT2D eigenvalue weighted by atomic mass is 16.5. The molecule has 0 aliphatic heterocycles. The molecule has 0 aromatic heterocycles. The van der Waals surface area contributed by atoms with Crippen LogP contribution in [0.25, 0.3) is 0 Å². The standard InChI is InChI=1S/C12H22O3/c1-9-6-4-5-7-10(9)15-8-12(2,3)11(13)14/h9-10H,4-8H2,1-3H3,(H,13,14). The maximum atomic E-state index is 10.9. The lowest BCUT2D eigenvalue weighted by molar-refractivity contribution is -0.153. The molecule has 1 aliphatic carbocycles. The van der Waals surface area contributed by atoms with E-state index in [1.165, 1.54) is 19.3 Å². The lowest BCUT2D eigenvalue weighted by Crippen LogP contribution is -2.34. The Morgan fingerprint density at radius 3 is 2.53 bits per heavy atom. The number of carboxylic acids is 1. The second kappa shape index (κ2) is 4.97. The summed E-state index contributed by atoms with van der Waals surface area (Å²) in [5.74, 6) is -0.214. The predicted molar refractivity (Wildman–Crippen MR) is 58.8 cm³/mol. The van der Waals surface area contributed by atoms with E-state index in [0.717, 1.165) is 6.42 Å². The summed E-state index contributed by atoms with van der Waals surface area (Å²) in [6, 6.07) is 0. The maximum absolute atomic E-state index is 10.9. The third-order valence-electron chi connectivity index (χ3n) is 3.27. The van der Waals surface area contributed by atoms with Gasteiger partial charge in [0.2, 0.25) is 0 Å². The lowest BCUT2D eigenvalue weighted by atomic mass is 9.87. The molecule has 2 atom stereocenters. The van der Waals surface area contributed by atoms with Crippen LogP contribution in [-0.4, -0.2) is 23.8 Å². The number of ether oxygens (including phenoxy) is 1. The highest BCUT2D eigenvalue weighted by Gasteiger charge is 2.30. The zero-order valence-corrected chi connectivity index (χ0v) is 9.95. The van der Waals surface area contributed by atoms with Gasteiger partial charge in [0.05, 0.1) is 18.1 Å². The number of aliphatic carboxylic acids is 1. The van der Waals surface area contributed by atoms with Crippen LogP contribution in [-0.2, 0) is 9.53 Å². The van der Waals surface area contributed by atoms with Crippen molar-refractivity contribution < 1.29 is 14.6 Å². The minimum absolute atomic E-state index is 0.261. The van der Waals surface area contributed by atoms with E-state index >= 15 is 0 Å². The van der Waals surface area contributed by atoms with Gasteiger partial charge in [-0.3, -0.25) is 4.79 Å². The molecule has 1 saturated carbocycles. The van der Waals surface area contributed by atoms with Gasteiger partial charge in [0, 0.05) is 0 Å². The first-order valence-electron chi connectivity index (χ1n) is 5.78. The van der Waals surface area contributed by atoms with E-state index in [4.69, 9.17) is 9.84 Å². The molecule has 3 heteroatoms. The molecule has 1 aliphatic rings. The van der Waals surface area contributed by atoms with Crippen molar-refractivity contribution in [2.45, 2.75) is 52.6 Å². The molecule has 0 amide bonds. The quantitative estimate of drug-likeness (QED) is 0.782. The predicted octanol–water partition coefficient (Wildman–Crippen LogP) is 2.69. The minimum atomic E-state index is -0.786. The molecule has 1 N–H and O–H groups in total. The van der Waals surface area contributed by atoms with Crippen molar-refractivity contribution in [3.05, 3.63) is 0 Å². The molecule has 1 fully saturated rings. The van der Waals surface area contributed by atoms with Crippen LogP contribution in [0, 0.1) is 11.3 Å². The van der Waals surface area contributed by atoms with Gasteiger partial charge in [0.15, 0.2) is 0 Å². The Morgan fingerprint density at radius 2 is 2.00 bits per heavy atom. The van der Waals surface area contributed by atoms with Crippen LogP contribution in [0.2, 0.25) is 0 Å². The van der Waals surface area contributed by atoms with Crippen LogP contribution in [0.5, 0.6) is 0 Å². The number of hydrogen-bond acceptors (Lipinski definition) is 2. The van der Waals surface area contributed by atoms with E-state index in [1.807, 2.05) is 0 Å². The monoisotopic (exact) mass is 214 g/mol. The average molecular weight is 214 g/mol. The Kier molecular flexibility index (Phi) is 4.14. The first-order chi connectivity index (χ1) is 6.93. The fourth-order valence-corrected chi connectivity index (χ4v) is 1.91. The molecule has 0 aromatic carbocycles. The normalized spacial score (nSPS) is 27.7. The molecule has 0 saturated heterocycles. The van der Waals surface area contributed by atoms with Crippen molar-refractivity contribution >= 4 is 5.97 Å². The van der Waals surface area contributed by atoms with Crippen LogP contribution in [0.4, 0.5) is 0 Å². The van der Waals surface area contributed by atoms with Crippen molar-refractivity contribution in [2.75, 3.05) is 6.61 Å². The van der Waals surface area contributed by atoms with Gasteiger partial charge < -0.3 is 9.84 Å². The Balaban J connectivity index is 2.38. The maximum Gasteiger partial charge on any atom is 0.311 e. The molecular weight excluding hydrogens is 192 g/mol. The van der Waals surface area contributed by atoms with Crippen LogP contribution in [0.15, 0.2) is 0 Å². The van der Waals surface area contributed by atoms with Crippen LogP contribution in [0.3, 0.4) is 0 Å². The number of rotatable bonds is 4. The highest BCUT2D eigenvalue weighted by Crippen LogP contribution is 2.28. The van der Waals surface area contributed by atoms with Crippen molar-refractivity contribution in [1.82, 2.24) is 0 Å². The molecule has 0 radical (unpaired) electrons. The van der Waals surface area contributed by atoms with Gasteiger partial charge >= 0.3 is 5.97 Å². The fraction of sp³-hybridized carbons (Fsp3) is 0.917. The minimum Gasteiger partial charge on any atom is -0.481 e. The summed E-state index contributed by atoms with van der Waals surface area (Å²) < 4.78 is 5.74. The highest BCUT2D eigenvalue weighted by molar-refractivity contribution is 5.73. The van der Waals surface area contributed by atoms with E-state index in [-0.39, 0.29) is 6.10 Å². The van der Waals surface area contributed by atoms with Crippen LogP contribution < -0.4 is 0 Å². The molecule has 15 heavy (non-hydrogen) atoms. The Morgan fingerprint density at radius 1 is 1.40 bits per heavy atom. The summed E-state index contributed by atoms with van der Waals surface area (Å²) in [5.41, 5.74) is -0.767. The van der Waals surface area contributed by atoms with Gasteiger partial charge in [-0.05, 0) is 32.6 Å². The molecule has 0 spiro atoms. The number of carbonyl (C=O) groups is 1. The summed E-state index contributed by atoms with van der Waals surface area (Å²) in [6.07, 6.45) is 5.04. The van der Waals surface area contributed by atoms with E-state index < -0.39 is 11.4 Å². The summed E-state index contributed by atoms with van der Waals surface area (Å²) >= 11 is 0. The topological polar surface area (TPSA) is 46.5 Å². The van der Waals surface area contributed by atoms with E-state index in [0.29, 0.717) is 12.5 Å². The summed E-state index contributed by atoms with van der Waals surface area (Å²) in [7, 11) is 0. The van der Waals surface area contributed by atoms with E-state index in [1.54, 1.807) is 13.8 Å². The van der Waals surface area contributed by atoms with Crippen LogP contribution in [0.1, 0.15) is 46.5 Å². The third-order valence-corrected chi connectivity index (χ3v) is 3.27. The molecule has 1 rings (SSSR count). The Hall–Kier alpha value is -0.570. The first-order valence-corrected chi connectivity index (χ1v) is 5.78. The second-order valence-corrected chi connectivity index (χ2v) is 5.30. The third kappa shape index (κ3) is 3.49. The van der Waals surface area contributed by atoms with Gasteiger partial charge in [-0.25, -0.2) is 0 Å². The molecule has 0 heterocycles. The zero-order chi connectivity index (χ0) is 11.5. The molecular formula is C12H22O3. The molecule has 0 aromatic rings. The molecule has 2 unspecified atom stereocenters. The van der Waals surface area contributed by atoms with Crippen molar-refractivity contribution in [3.63, 3.8) is 0 Å². The van der Waals surface area contributed by atoms with Crippen molar-refractivity contribution in [3.8, 4) is 0 Å². The van der Waals surface area contributed by atoms with E-state index in [9.17, 15) is 4.79 Å². The number of hydrogen-bond donors (Lipinski definition) is 1. The average Bonchev–Trinajstić information content (AvgIpc) is 2.16. The summed E-state index contributed by atoms with van der Waals surface area (Å²) in [5, 5.41) is 8.96. The second-order valence-electron chi connectivity index (χ2n) is 5.30. The largest absolute Gasteiger partial charge is 0.481 e.